The highest BCUT2D eigenvalue weighted by atomic mass is 16.5. The second-order valence-electron chi connectivity index (χ2n) is 8.64. The summed E-state index contributed by atoms with van der Waals surface area (Å²) in [5.74, 6) is 0.427. The lowest BCUT2D eigenvalue weighted by Crippen LogP contribution is -2.50. The predicted molar refractivity (Wildman–Crippen MR) is 114 cm³/mol. The standard InChI is InChI=1S/C23H31N3O5/c1-17(22(29)24-9-11-25-12-14-30-15-13-25)26-10-8-23(7-6-21(26)28)16-19(27)18-4-2-3-5-20(18)31-23/h2-5,17H,6-16H2,1H3,(H,24,29)/t17-,23-/m1/s1. The minimum atomic E-state index is -0.678. The maximum Gasteiger partial charge on any atom is 0.242 e. The number of carbonyl (C=O) groups is 3. The molecular weight excluding hydrogens is 398 g/mol. The number of ether oxygens (including phenoxy) is 2. The van der Waals surface area contributed by atoms with Crippen molar-refractivity contribution in [2.75, 3.05) is 45.9 Å². The summed E-state index contributed by atoms with van der Waals surface area (Å²) in [6.07, 6.45) is 1.55. The zero-order valence-electron chi connectivity index (χ0n) is 18.1. The van der Waals surface area contributed by atoms with Crippen LogP contribution in [-0.4, -0.2) is 85.0 Å². The third kappa shape index (κ3) is 4.91. The van der Waals surface area contributed by atoms with Crippen LogP contribution in [0.2, 0.25) is 0 Å². The molecule has 0 unspecified atom stereocenters. The molecule has 0 bridgehead atoms. The quantitative estimate of drug-likeness (QED) is 0.758. The van der Waals surface area contributed by atoms with E-state index in [9.17, 15) is 14.4 Å². The van der Waals surface area contributed by atoms with E-state index in [1.54, 1.807) is 17.9 Å². The van der Waals surface area contributed by atoms with E-state index in [-0.39, 0.29) is 30.4 Å². The fraction of sp³-hybridized carbons (Fsp3) is 0.609. The Morgan fingerprint density at radius 3 is 2.74 bits per heavy atom. The summed E-state index contributed by atoms with van der Waals surface area (Å²) in [5.41, 5.74) is -0.0730. The van der Waals surface area contributed by atoms with Gasteiger partial charge in [-0.2, -0.15) is 0 Å². The molecule has 2 amide bonds. The molecule has 8 nitrogen and oxygen atoms in total. The van der Waals surface area contributed by atoms with Crippen molar-refractivity contribution >= 4 is 17.6 Å². The van der Waals surface area contributed by atoms with Crippen molar-refractivity contribution in [3.05, 3.63) is 29.8 Å². The molecule has 1 aromatic carbocycles. The smallest absolute Gasteiger partial charge is 0.242 e. The first kappa shape index (κ1) is 21.8. The van der Waals surface area contributed by atoms with Crippen molar-refractivity contribution in [2.45, 2.75) is 44.2 Å². The molecule has 1 aromatic rings. The van der Waals surface area contributed by atoms with Gasteiger partial charge < -0.3 is 19.7 Å². The van der Waals surface area contributed by atoms with Crippen molar-refractivity contribution in [2.24, 2.45) is 0 Å². The molecule has 0 aromatic heterocycles. The van der Waals surface area contributed by atoms with E-state index >= 15 is 0 Å². The van der Waals surface area contributed by atoms with Crippen molar-refractivity contribution in [3.8, 4) is 5.75 Å². The number of benzene rings is 1. The summed E-state index contributed by atoms with van der Waals surface area (Å²) >= 11 is 0. The molecular formula is C23H31N3O5. The van der Waals surface area contributed by atoms with Gasteiger partial charge in [0.2, 0.25) is 11.8 Å². The van der Waals surface area contributed by atoms with Gasteiger partial charge in [0, 0.05) is 45.6 Å². The lowest BCUT2D eigenvalue weighted by molar-refractivity contribution is -0.139. The van der Waals surface area contributed by atoms with Crippen molar-refractivity contribution in [1.82, 2.24) is 15.1 Å². The molecule has 1 spiro atoms. The van der Waals surface area contributed by atoms with Gasteiger partial charge in [-0.05, 0) is 25.5 Å². The molecule has 0 radical (unpaired) electrons. The van der Waals surface area contributed by atoms with Crippen LogP contribution >= 0.6 is 0 Å². The first-order chi connectivity index (χ1) is 15.0. The van der Waals surface area contributed by atoms with E-state index in [1.165, 1.54) is 0 Å². The fourth-order valence-corrected chi connectivity index (χ4v) is 4.64. The molecule has 168 valence electrons. The highest BCUT2D eigenvalue weighted by Gasteiger charge is 2.44. The van der Waals surface area contributed by atoms with Crippen LogP contribution < -0.4 is 10.1 Å². The monoisotopic (exact) mass is 429 g/mol. The molecule has 2 atom stereocenters. The van der Waals surface area contributed by atoms with Gasteiger partial charge in [-0.1, -0.05) is 12.1 Å². The summed E-state index contributed by atoms with van der Waals surface area (Å²) in [5, 5.41) is 2.96. The molecule has 2 saturated heterocycles. The van der Waals surface area contributed by atoms with Gasteiger partial charge in [-0.3, -0.25) is 19.3 Å². The number of Topliss-reactive ketones (excluding diaryl/α,β-unsaturated/α-hetero) is 1. The Morgan fingerprint density at radius 1 is 1.16 bits per heavy atom. The van der Waals surface area contributed by atoms with Crippen LogP contribution in [0.1, 0.15) is 43.0 Å². The largest absolute Gasteiger partial charge is 0.486 e. The van der Waals surface area contributed by atoms with Crippen LogP contribution in [0.25, 0.3) is 0 Å². The molecule has 0 saturated carbocycles. The van der Waals surface area contributed by atoms with Gasteiger partial charge in [0.25, 0.3) is 0 Å². The number of amides is 2. The van der Waals surface area contributed by atoms with Crippen molar-refractivity contribution in [1.29, 1.82) is 0 Å². The number of rotatable bonds is 5. The fourth-order valence-electron chi connectivity index (χ4n) is 4.64. The summed E-state index contributed by atoms with van der Waals surface area (Å²) in [7, 11) is 0. The number of likely N-dealkylation sites (tertiary alicyclic amines) is 1. The summed E-state index contributed by atoms with van der Waals surface area (Å²) in [6, 6.07) is 6.71. The van der Waals surface area contributed by atoms with Crippen LogP contribution in [0, 0.1) is 0 Å². The Kier molecular flexibility index (Phi) is 6.57. The first-order valence-corrected chi connectivity index (χ1v) is 11.2. The van der Waals surface area contributed by atoms with Crippen molar-refractivity contribution < 1.29 is 23.9 Å². The molecule has 8 heteroatoms. The second kappa shape index (κ2) is 9.36. The van der Waals surface area contributed by atoms with E-state index in [0.29, 0.717) is 37.2 Å². The molecule has 1 N–H and O–H groups in total. The van der Waals surface area contributed by atoms with Crippen LogP contribution in [0.3, 0.4) is 0 Å². The summed E-state index contributed by atoms with van der Waals surface area (Å²) in [4.78, 5) is 42.1. The van der Waals surface area contributed by atoms with E-state index in [4.69, 9.17) is 9.47 Å². The SMILES string of the molecule is C[C@H](C(=O)NCCN1CCOCC1)N1CC[C@]2(CCC1=O)CC(=O)c1ccccc1O2. The highest BCUT2D eigenvalue weighted by molar-refractivity contribution is 6.00. The predicted octanol–water partition coefficient (Wildman–Crippen LogP) is 1.24. The Labute approximate surface area is 182 Å². The first-order valence-electron chi connectivity index (χ1n) is 11.2. The number of ketones is 1. The zero-order valence-corrected chi connectivity index (χ0v) is 18.1. The van der Waals surface area contributed by atoms with Gasteiger partial charge in [0.1, 0.15) is 17.4 Å². The van der Waals surface area contributed by atoms with Crippen molar-refractivity contribution in [3.63, 3.8) is 0 Å². The average molecular weight is 430 g/mol. The number of hydrogen-bond acceptors (Lipinski definition) is 6. The van der Waals surface area contributed by atoms with Gasteiger partial charge in [-0.15, -0.1) is 0 Å². The lowest BCUT2D eigenvalue weighted by atomic mass is 9.84. The zero-order chi connectivity index (χ0) is 21.8. The molecule has 2 fully saturated rings. The topological polar surface area (TPSA) is 88.2 Å². The third-order valence-corrected chi connectivity index (χ3v) is 6.60. The highest BCUT2D eigenvalue weighted by Crippen LogP contribution is 2.39. The maximum atomic E-state index is 12.8. The minimum absolute atomic E-state index is 0.0525. The molecule has 3 heterocycles. The number of nitrogens with zero attached hydrogens (tertiary/aromatic N) is 2. The van der Waals surface area contributed by atoms with Crippen LogP contribution in [0.4, 0.5) is 0 Å². The maximum absolute atomic E-state index is 12.8. The molecule has 31 heavy (non-hydrogen) atoms. The van der Waals surface area contributed by atoms with E-state index in [1.807, 2.05) is 18.2 Å². The summed E-state index contributed by atoms with van der Waals surface area (Å²) < 4.78 is 11.6. The Balaban J connectivity index is 1.34. The van der Waals surface area contributed by atoms with Gasteiger partial charge >= 0.3 is 0 Å². The van der Waals surface area contributed by atoms with E-state index < -0.39 is 11.6 Å². The Hall–Kier alpha value is -2.45. The summed E-state index contributed by atoms with van der Waals surface area (Å²) in [6.45, 7) is 6.68. The number of nitrogens with one attached hydrogen (secondary N) is 1. The van der Waals surface area contributed by atoms with Gasteiger partial charge in [0.15, 0.2) is 5.78 Å². The normalized spacial score (nSPS) is 25.5. The molecule has 3 aliphatic heterocycles. The number of hydrogen-bond donors (Lipinski definition) is 1. The molecule has 3 aliphatic rings. The minimum Gasteiger partial charge on any atom is -0.486 e. The molecule has 4 rings (SSSR count). The molecule has 0 aliphatic carbocycles. The van der Waals surface area contributed by atoms with E-state index in [2.05, 4.69) is 10.2 Å². The third-order valence-electron chi connectivity index (χ3n) is 6.60. The Morgan fingerprint density at radius 2 is 1.94 bits per heavy atom. The number of morpholine rings is 1. The van der Waals surface area contributed by atoms with Crippen LogP contribution in [0.5, 0.6) is 5.75 Å². The van der Waals surface area contributed by atoms with Gasteiger partial charge in [-0.25, -0.2) is 0 Å². The van der Waals surface area contributed by atoms with Crippen LogP contribution in [-0.2, 0) is 14.3 Å². The number of carbonyl (C=O) groups excluding carboxylic acids is 3. The van der Waals surface area contributed by atoms with Gasteiger partial charge in [0.05, 0.1) is 25.2 Å². The number of para-hydroxylation sites is 1. The second-order valence-corrected chi connectivity index (χ2v) is 8.64. The average Bonchev–Trinajstić information content (AvgIpc) is 2.93. The Bertz CT molecular complexity index is 838. The van der Waals surface area contributed by atoms with E-state index in [0.717, 1.165) is 32.8 Å². The van der Waals surface area contributed by atoms with Crippen LogP contribution in [0.15, 0.2) is 24.3 Å². The number of fused-ring (bicyclic) bond motifs is 1. The lowest BCUT2D eigenvalue weighted by Gasteiger charge is -2.37.